The number of carbonyl (C=O) groups excluding carboxylic acids is 2. The van der Waals surface area contributed by atoms with E-state index in [1.165, 1.54) is 13.2 Å². The molecule has 10 heteroatoms. The number of hydrogen-bond donors (Lipinski definition) is 2. The van der Waals surface area contributed by atoms with Gasteiger partial charge in [0.15, 0.2) is 0 Å². The lowest BCUT2D eigenvalue weighted by atomic mass is 9.94. The molecule has 1 aromatic rings. The zero-order valence-electron chi connectivity index (χ0n) is 19.4. The second-order valence-electron chi connectivity index (χ2n) is 9.37. The van der Waals surface area contributed by atoms with E-state index in [0.29, 0.717) is 11.5 Å². The van der Waals surface area contributed by atoms with Crippen LogP contribution in [0.3, 0.4) is 0 Å². The predicted molar refractivity (Wildman–Crippen MR) is 128 cm³/mol. The number of nitrogens with one attached hydrogen (secondary N) is 1. The minimum absolute atomic E-state index is 0.106. The van der Waals surface area contributed by atoms with Crippen molar-refractivity contribution in [2.45, 2.75) is 44.6 Å². The minimum Gasteiger partial charge on any atom is -0.480 e. The second-order valence-corrected chi connectivity index (χ2v) is 9.77. The zero-order chi connectivity index (χ0) is 23.4. The average Bonchev–Trinajstić information content (AvgIpc) is 3.37. The Bertz CT molecular complexity index is 847. The van der Waals surface area contributed by atoms with Crippen LogP contribution < -0.4 is 15.8 Å². The van der Waals surface area contributed by atoms with Crippen molar-refractivity contribution in [3.05, 3.63) is 16.7 Å². The molecule has 0 spiro atoms. The fourth-order valence-electron chi connectivity index (χ4n) is 5.11. The number of aromatic nitrogens is 1. The Morgan fingerprint density at radius 2 is 1.73 bits per heavy atom. The van der Waals surface area contributed by atoms with Gasteiger partial charge in [0.2, 0.25) is 5.88 Å². The maximum atomic E-state index is 12.8. The van der Waals surface area contributed by atoms with Gasteiger partial charge in [-0.1, -0.05) is 11.6 Å². The van der Waals surface area contributed by atoms with Crippen molar-refractivity contribution in [1.29, 1.82) is 0 Å². The molecule has 33 heavy (non-hydrogen) atoms. The Balaban J connectivity index is 1.19. The Labute approximate surface area is 200 Å². The monoisotopic (exact) mass is 478 g/mol. The highest BCUT2D eigenvalue weighted by Crippen LogP contribution is 2.26. The number of urea groups is 1. The smallest absolute Gasteiger partial charge is 0.319 e. The number of rotatable bonds is 5. The number of halogens is 1. The largest absolute Gasteiger partial charge is 0.480 e. The second kappa shape index (κ2) is 10.8. The zero-order valence-corrected chi connectivity index (χ0v) is 20.1. The van der Waals surface area contributed by atoms with Gasteiger partial charge in [-0.25, -0.2) is 4.79 Å². The number of nitrogens with two attached hydrogens (primary N) is 1. The topological polar surface area (TPSA) is 104 Å². The van der Waals surface area contributed by atoms with Gasteiger partial charge >= 0.3 is 6.03 Å². The molecule has 3 N–H and O–H groups in total. The molecule has 3 saturated heterocycles. The van der Waals surface area contributed by atoms with Crippen LogP contribution in [0.15, 0.2) is 6.07 Å². The maximum Gasteiger partial charge on any atom is 0.319 e. The van der Waals surface area contributed by atoms with Gasteiger partial charge in [0.1, 0.15) is 11.4 Å². The molecule has 9 nitrogen and oxygen atoms in total. The van der Waals surface area contributed by atoms with Crippen LogP contribution in [0, 0.1) is 5.92 Å². The van der Waals surface area contributed by atoms with Crippen LogP contribution in [-0.2, 0) is 0 Å². The number of amides is 3. The van der Waals surface area contributed by atoms with E-state index >= 15 is 0 Å². The molecule has 182 valence electrons. The lowest BCUT2D eigenvalue weighted by Gasteiger charge is -2.38. The van der Waals surface area contributed by atoms with Crippen molar-refractivity contribution in [3.63, 3.8) is 0 Å². The van der Waals surface area contributed by atoms with E-state index in [-0.39, 0.29) is 34.7 Å². The minimum atomic E-state index is -0.241. The maximum absolute atomic E-state index is 12.8. The summed E-state index contributed by atoms with van der Waals surface area (Å²) in [5.74, 6) is 0.715. The standard InChI is InChI=1S/C23H35ClN6O3/c1-33-22-18(14-19(24)20(25)27-22)21(31)26-17-6-10-28(11-7-17)15-16-4-12-30(13-5-16)23(32)29-8-2-3-9-29/h14,16-17H,2-13,15H2,1H3,(H2,25,27)(H,26,31). The number of anilines is 1. The van der Waals surface area contributed by atoms with Gasteiger partial charge in [-0.15, -0.1) is 0 Å². The molecule has 0 aliphatic carbocycles. The number of nitrogen functional groups attached to an aromatic ring is 1. The van der Waals surface area contributed by atoms with E-state index in [1.54, 1.807) is 0 Å². The summed E-state index contributed by atoms with van der Waals surface area (Å²) in [6.45, 7) is 6.54. The predicted octanol–water partition coefficient (Wildman–Crippen LogP) is 2.45. The summed E-state index contributed by atoms with van der Waals surface area (Å²) in [6, 6.07) is 1.85. The van der Waals surface area contributed by atoms with Crippen LogP contribution in [0.25, 0.3) is 0 Å². The third kappa shape index (κ3) is 5.81. The highest BCUT2D eigenvalue weighted by atomic mass is 35.5. The molecule has 3 aliphatic heterocycles. The van der Waals surface area contributed by atoms with E-state index in [1.807, 2.05) is 9.80 Å². The molecule has 4 heterocycles. The summed E-state index contributed by atoms with van der Waals surface area (Å²) in [6.07, 6.45) is 6.21. The quantitative estimate of drug-likeness (QED) is 0.673. The van der Waals surface area contributed by atoms with E-state index in [2.05, 4.69) is 15.2 Å². The van der Waals surface area contributed by atoms with Gasteiger partial charge in [0.05, 0.1) is 12.1 Å². The number of ether oxygens (including phenoxy) is 1. The van der Waals surface area contributed by atoms with Crippen molar-refractivity contribution in [2.75, 3.05) is 58.7 Å². The van der Waals surface area contributed by atoms with E-state index < -0.39 is 0 Å². The summed E-state index contributed by atoms with van der Waals surface area (Å²) in [7, 11) is 1.46. The third-order valence-electron chi connectivity index (χ3n) is 7.11. The fraction of sp³-hybridized carbons (Fsp3) is 0.696. The normalized spacial score (nSPS) is 20.8. The van der Waals surface area contributed by atoms with Gasteiger partial charge in [-0.05, 0) is 50.5 Å². The van der Waals surface area contributed by atoms with Gasteiger partial charge in [-0.2, -0.15) is 4.98 Å². The Morgan fingerprint density at radius 3 is 2.36 bits per heavy atom. The van der Waals surface area contributed by atoms with Crippen LogP contribution >= 0.6 is 11.6 Å². The summed E-state index contributed by atoms with van der Waals surface area (Å²) >= 11 is 6.05. The van der Waals surface area contributed by atoms with E-state index in [0.717, 1.165) is 84.3 Å². The van der Waals surface area contributed by atoms with Crippen molar-refractivity contribution in [2.24, 2.45) is 5.92 Å². The summed E-state index contributed by atoms with van der Waals surface area (Å²) < 4.78 is 5.20. The Hall–Kier alpha value is -2.26. The molecule has 1 aromatic heterocycles. The first-order valence-corrected chi connectivity index (χ1v) is 12.4. The van der Waals surface area contributed by atoms with E-state index in [9.17, 15) is 9.59 Å². The molecule has 0 aromatic carbocycles. The summed E-state index contributed by atoms with van der Waals surface area (Å²) in [5.41, 5.74) is 6.01. The van der Waals surface area contributed by atoms with Crippen molar-refractivity contribution < 1.29 is 14.3 Å². The number of nitrogens with zero attached hydrogens (tertiary/aromatic N) is 4. The fourth-order valence-corrected chi connectivity index (χ4v) is 5.26. The van der Waals surface area contributed by atoms with Crippen LogP contribution in [0.1, 0.15) is 48.9 Å². The van der Waals surface area contributed by atoms with Gasteiger partial charge < -0.3 is 30.5 Å². The van der Waals surface area contributed by atoms with Gasteiger partial charge in [0, 0.05) is 51.9 Å². The number of methoxy groups -OCH3 is 1. The van der Waals surface area contributed by atoms with Crippen LogP contribution in [0.4, 0.5) is 10.6 Å². The Kier molecular flexibility index (Phi) is 7.80. The van der Waals surface area contributed by atoms with Crippen molar-refractivity contribution in [1.82, 2.24) is 25.0 Å². The molecule has 3 amide bonds. The third-order valence-corrected chi connectivity index (χ3v) is 7.41. The Morgan fingerprint density at radius 1 is 1.09 bits per heavy atom. The highest BCUT2D eigenvalue weighted by Gasteiger charge is 2.30. The SMILES string of the molecule is COc1nc(N)c(Cl)cc1C(=O)NC1CCN(CC2CCN(C(=O)N3CCCC3)CC2)CC1. The van der Waals surface area contributed by atoms with Crippen molar-refractivity contribution >= 4 is 29.4 Å². The summed E-state index contributed by atoms with van der Waals surface area (Å²) in [5, 5.41) is 3.33. The number of likely N-dealkylation sites (tertiary alicyclic amines) is 3. The molecular weight excluding hydrogens is 444 g/mol. The molecule has 0 radical (unpaired) electrons. The molecule has 4 rings (SSSR count). The average molecular weight is 479 g/mol. The first-order valence-electron chi connectivity index (χ1n) is 12.0. The van der Waals surface area contributed by atoms with Crippen LogP contribution in [0.2, 0.25) is 5.02 Å². The number of pyridine rings is 1. The van der Waals surface area contributed by atoms with Gasteiger partial charge in [-0.3, -0.25) is 4.79 Å². The van der Waals surface area contributed by atoms with Crippen LogP contribution in [0.5, 0.6) is 5.88 Å². The first kappa shape index (κ1) is 23.9. The first-order chi connectivity index (χ1) is 15.9. The molecule has 0 unspecified atom stereocenters. The van der Waals surface area contributed by atoms with E-state index in [4.69, 9.17) is 22.1 Å². The number of piperidine rings is 2. The number of carbonyl (C=O) groups is 2. The molecule has 0 saturated carbocycles. The van der Waals surface area contributed by atoms with Crippen LogP contribution in [-0.4, -0.2) is 90.6 Å². The highest BCUT2D eigenvalue weighted by molar-refractivity contribution is 6.33. The lowest BCUT2D eigenvalue weighted by Crippen LogP contribution is -2.49. The molecular formula is C23H35ClN6O3. The lowest BCUT2D eigenvalue weighted by molar-refractivity contribution is 0.0885. The van der Waals surface area contributed by atoms with Gasteiger partial charge in [0.25, 0.3) is 5.91 Å². The number of hydrogen-bond acceptors (Lipinski definition) is 6. The molecule has 0 bridgehead atoms. The molecule has 3 fully saturated rings. The molecule has 0 atom stereocenters. The van der Waals surface area contributed by atoms with Crippen molar-refractivity contribution in [3.8, 4) is 5.88 Å². The summed E-state index contributed by atoms with van der Waals surface area (Å²) in [4.78, 5) is 35.9. The molecule has 3 aliphatic rings.